The fourth-order valence-electron chi connectivity index (χ4n) is 2.67. The van der Waals surface area contributed by atoms with Gasteiger partial charge in [0.15, 0.2) is 0 Å². The third-order valence-electron chi connectivity index (χ3n) is 3.98. The van der Waals surface area contributed by atoms with Gasteiger partial charge in [-0.1, -0.05) is 24.3 Å². The molecular weight excluding hydrogens is 312 g/mol. The van der Waals surface area contributed by atoms with Crippen LogP contribution in [0.5, 0.6) is 0 Å². The molecule has 1 saturated heterocycles. The topological polar surface area (TPSA) is 69.6 Å². The van der Waals surface area contributed by atoms with Gasteiger partial charge in [0.05, 0.1) is 0 Å². The van der Waals surface area contributed by atoms with E-state index in [0.717, 1.165) is 4.88 Å². The molecule has 0 bridgehead atoms. The molecular formula is C17H18N2O3S. The first-order valence-electron chi connectivity index (χ1n) is 7.51. The molecule has 1 aromatic carbocycles. The van der Waals surface area contributed by atoms with Crippen LogP contribution in [0.25, 0.3) is 0 Å². The third-order valence-corrected chi connectivity index (χ3v) is 4.91. The minimum atomic E-state index is -1.97. The number of para-hydroxylation sites is 1. The molecule has 0 saturated carbocycles. The molecule has 2 amide bonds. The van der Waals surface area contributed by atoms with Crippen LogP contribution in [0, 0.1) is 0 Å². The highest BCUT2D eigenvalue weighted by Gasteiger charge is 2.51. The van der Waals surface area contributed by atoms with Crippen LogP contribution in [0.15, 0.2) is 47.8 Å². The first-order valence-corrected chi connectivity index (χ1v) is 8.39. The van der Waals surface area contributed by atoms with E-state index >= 15 is 0 Å². The van der Waals surface area contributed by atoms with E-state index in [0.29, 0.717) is 25.2 Å². The Labute approximate surface area is 138 Å². The lowest BCUT2D eigenvalue weighted by Gasteiger charge is -2.21. The summed E-state index contributed by atoms with van der Waals surface area (Å²) in [6, 6.07) is 13.0. The summed E-state index contributed by atoms with van der Waals surface area (Å²) >= 11 is 1.62. The number of carbonyl (C=O) groups is 2. The maximum atomic E-state index is 12.5. The molecule has 0 aliphatic carbocycles. The second kappa shape index (κ2) is 6.52. The van der Waals surface area contributed by atoms with E-state index in [-0.39, 0.29) is 6.42 Å². The Hall–Kier alpha value is -2.18. The van der Waals surface area contributed by atoms with Gasteiger partial charge in [-0.2, -0.15) is 0 Å². The zero-order chi connectivity index (χ0) is 16.3. The molecule has 2 aromatic rings. The number of benzene rings is 1. The molecule has 6 heteroatoms. The van der Waals surface area contributed by atoms with E-state index < -0.39 is 17.4 Å². The Morgan fingerprint density at radius 1 is 1.26 bits per heavy atom. The summed E-state index contributed by atoms with van der Waals surface area (Å²) in [5, 5.41) is 15.2. The van der Waals surface area contributed by atoms with Gasteiger partial charge in [0.1, 0.15) is 0 Å². The summed E-state index contributed by atoms with van der Waals surface area (Å²) in [7, 11) is 0. The molecule has 5 nitrogen and oxygen atoms in total. The zero-order valence-electron chi connectivity index (χ0n) is 12.6. The third kappa shape index (κ3) is 3.13. The molecule has 1 aliphatic rings. The zero-order valence-corrected chi connectivity index (χ0v) is 13.4. The van der Waals surface area contributed by atoms with Crippen molar-refractivity contribution in [2.24, 2.45) is 0 Å². The van der Waals surface area contributed by atoms with E-state index in [1.54, 1.807) is 23.5 Å². The molecule has 1 aliphatic heterocycles. The molecule has 2 heterocycles. The number of hydrogen-bond donors (Lipinski definition) is 2. The maximum absolute atomic E-state index is 12.5. The highest BCUT2D eigenvalue weighted by Crippen LogP contribution is 2.28. The molecule has 120 valence electrons. The van der Waals surface area contributed by atoms with Crippen molar-refractivity contribution in [1.29, 1.82) is 0 Å². The van der Waals surface area contributed by atoms with E-state index in [9.17, 15) is 14.7 Å². The quantitative estimate of drug-likeness (QED) is 0.818. The van der Waals surface area contributed by atoms with Gasteiger partial charge in [0, 0.05) is 30.1 Å². The molecule has 23 heavy (non-hydrogen) atoms. The Bertz CT molecular complexity index is 687. The molecule has 0 radical (unpaired) electrons. The average molecular weight is 330 g/mol. The molecule has 2 N–H and O–H groups in total. The van der Waals surface area contributed by atoms with Gasteiger partial charge >= 0.3 is 0 Å². The van der Waals surface area contributed by atoms with Crippen LogP contribution in [-0.2, 0) is 16.0 Å². The van der Waals surface area contributed by atoms with Crippen LogP contribution in [-0.4, -0.2) is 35.6 Å². The summed E-state index contributed by atoms with van der Waals surface area (Å²) in [6.07, 6.45) is 0.793. The smallest absolute Gasteiger partial charge is 0.268 e. The van der Waals surface area contributed by atoms with Crippen molar-refractivity contribution in [2.45, 2.75) is 18.4 Å². The second-order valence-corrected chi connectivity index (χ2v) is 6.52. The fourth-order valence-corrected chi connectivity index (χ4v) is 3.38. The average Bonchev–Trinajstić information content (AvgIpc) is 3.18. The number of rotatable bonds is 5. The summed E-state index contributed by atoms with van der Waals surface area (Å²) in [4.78, 5) is 27.4. The normalized spacial score (nSPS) is 20.7. The monoisotopic (exact) mass is 330 g/mol. The van der Waals surface area contributed by atoms with Crippen molar-refractivity contribution < 1.29 is 14.7 Å². The van der Waals surface area contributed by atoms with Crippen molar-refractivity contribution in [3.8, 4) is 0 Å². The number of amides is 2. The summed E-state index contributed by atoms with van der Waals surface area (Å²) in [5.41, 5.74) is -1.27. The van der Waals surface area contributed by atoms with Crippen molar-refractivity contribution in [3.63, 3.8) is 0 Å². The van der Waals surface area contributed by atoms with Gasteiger partial charge in [-0.15, -0.1) is 11.3 Å². The van der Waals surface area contributed by atoms with E-state index in [2.05, 4.69) is 5.32 Å². The largest absolute Gasteiger partial charge is 0.372 e. The van der Waals surface area contributed by atoms with Crippen LogP contribution < -0.4 is 10.2 Å². The number of hydrogen-bond acceptors (Lipinski definition) is 4. The molecule has 1 atom stereocenters. The highest BCUT2D eigenvalue weighted by molar-refractivity contribution is 7.09. The molecule has 1 fully saturated rings. The van der Waals surface area contributed by atoms with Crippen LogP contribution in [0.4, 0.5) is 5.69 Å². The highest BCUT2D eigenvalue weighted by atomic mass is 32.1. The van der Waals surface area contributed by atoms with Gasteiger partial charge < -0.3 is 15.3 Å². The molecule has 0 spiro atoms. The van der Waals surface area contributed by atoms with E-state index in [1.165, 1.54) is 4.90 Å². The van der Waals surface area contributed by atoms with E-state index in [4.69, 9.17) is 0 Å². The fraction of sp³-hybridized carbons (Fsp3) is 0.294. The minimum absolute atomic E-state index is 0.103. The number of nitrogens with zero attached hydrogens (tertiary/aromatic N) is 1. The van der Waals surface area contributed by atoms with Gasteiger partial charge in [0.2, 0.25) is 5.60 Å². The molecule has 1 aromatic heterocycles. The Balaban J connectivity index is 1.62. The number of carbonyl (C=O) groups excluding carboxylic acids is 2. The van der Waals surface area contributed by atoms with Gasteiger partial charge in [-0.25, -0.2) is 0 Å². The van der Waals surface area contributed by atoms with Crippen molar-refractivity contribution >= 4 is 28.8 Å². The van der Waals surface area contributed by atoms with Gasteiger partial charge in [-0.05, 0) is 30.0 Å². The predicted molar refractivity (Wildman–Crippen MR) is 89.4 cm³/mol. The predicted octanol–water partition coefficient (Wildman–Crippen LogP) is 1.57. The lowest BCUT2D eigenvalue weighted by Crippen LogP contribution is -2.52. The lowest BCUT2D eigenvalue weighted by molar-refractivity contribution is -0.149. The standard InChI is InChI=1S/C17H18N2O3S/c20-15(18-10-8-14-7-4-12-23-14)17(22)9-11-19(16(17)21)13-5-2-1-3-6-13/h1-7,12,22H,8-11H2,(H,18,20)/t17-/m0/s1. The summed E-state index contributed by atoms with van der Waals surface area (Å²) in [6.45, 7) is 0.734. The van der Waals surface area contributed by atoms with E-state index in [1.807, 2.05) is 35.7 Å². The Morgan fingerprint density at radius 3 is 2.74 bits per heavy atom. The number of aliphatic hydroxyl groups is 1. The lowest BCUT2D eigenvalue weighted by atomic mass is 10.0. The summed E-state index contributed by atoms with van der Waals surface area (Å²) < 4.78 is 0. The van der Waals surface area contributed by atoms with Crippen LogP contribution in [0.1, 0.15) is 11.3 Å². The first-order chi connectivity index (χ1) is 11.1. The van der Waals surface area contributed by atoms with Crippen molar-refractivity contribution in [1.82, 2.24) is 5.32 Å². The molecule has 0 unspecified atom stereocenters. The first kappa shape index (κ1) is 15.7. The Morgan fingerprint density at radius 2 is 2.04 bits per heavy atom. The van der Waals surface area contributed by atoms with Gasteiger partial charge in [0.25, 0.3) is 11.8 Å². The van der Waals surface area contributed by atoms with Crippen molar-refractivity contribution in [3.05, 3.63) is 52.7 Å². The van der Waals surface area contributed by atoms with Crippen LogP contribution in [0.3, 0.4) is 0 Å². The SMILES string of the molecule is O=C(NCCc1cccs1)[C@@]1(O)CCN(c2ccccc2)C1=O. The van der Waals surface area contributed by atoms with Gasteiger partial charge in [-0.3, -0.25) is 9.59 Å². The Kier molecular flexibility index (Phi) is 4.45. The second-order valence-electron chi connectivity index (χ2n) is 5.49. The molecule has 3 rings (SSSR count). The van der Waals surface area contributed by atoms with Crippen LogP contribution in [0.2, 0.25) is 0 Å². The summed E-state index contributed by atoms with van der Waals surface area (Å²) in [5.74, 6) is -1.17. The number of anilines is 1. The minimum Gasteiger partial charge on any atom is -0.372 e. The number of thiophene rings is 1. The number of nitrogens with one attached hydrogen (secondary N) is 1. The maximum Gasteiger partial charge on any atom is 0.268 e. The van der Waals surface area contributed by atoms with Crippen LogP contribution >= 0.6 is 11.3 Å². The van der Waals surface area contributed by atoms with Crippen molar-refractivity contribution in [2.75, 3.05) is 18.0 Å².